The van der Waals surface area contributed by atoms with Crippen molar-refractivity contribution < 1.29 is 0 Å². The lowest BCUT2D eigenvalue weighted by Crippen LogP contribution is -2.41. The van der Waals surface area contributed by atoms with Gasteiger partial charge in [0.1, 0.15) is 0 Å². The average molecular weight is 975 g/mol. The molecule has 3 aliphatic carbocycles. The van der Waals surface area contributed by atoms with Gasteiger partial charge in [-0.25, -0.2) is 0 Å². The van der Waals surface area contributed by atoms with Crippen LogP contribution in [-0.4, -0.2) is 9.13 Å². The van der Waals surface area contributed by atoms with E-state index in [4.69, 9.17) is 0 Å². The molecule has 3 aliphatic rings. The molecule has 344 valence electrons. The third-order valence-electron chi connectivity index (χ3n) is 16.8. The van der Waals surface area contributed by atoms with Gasteiger partial charge in [0.2, 0.25) is 0 Å². The van der Waals surface area contributed by atoms with Crippen molar-refractivity contribution >= 4 is 66.3 Å². The van der Waals surface area contributed by atoms with Crippen LogP contribution >= 0.6 is 22.7 Å². The van der Waals surface area contributed by atoms with Crippen LogP contribution in [0.15, 0.2) is 255 Å². The Morgan fingerprint density at radius 1 is 0.257 bits per heavy atom. The Morgan fingerprint density at radius 2 is 0.527 bits per heavy atom. The van der Waals surface area contributed by atoms with E-state index in [0.717, 1.165) is 11.4 Å². The molecule has 17 rings (SSSR count). The first-order valence-corrected chi connectivity index (χ1v) is 27.2. The second-order valence-corrected chi connectivity index (χ2v) is 22.3. The quantitative estimate of drug-likeness (QED) is 0.166. The van der Waals surface area contributed by atoms with Gasteiger partial charge in [-0.15, -0.1) is 22.7 Å². The summed E-state index contributed by atoms with van der Waals surface area (Å²) in [5.41, 5.74) is 22.0. The number of fused-ring (bicyclic) bond motifs is 22. The van der Waals surface area contributed by atoms with Crippen molar-refractivity contribution in [1.82, 2.24) is 9.13 Å². The van der Waals surface area contributed by atoms with Gasteiger partial charge in [0.25, 0.3) is 0 Å². The fourth-order valence-corrected chi connectivity index (χ4v) is 16.8. The fourth-order valence-electron chi connectivity index (χ4n) is 13.9. The van der Waals surface area contributed by atoms with E-state index in [-0.39, 0.29) is 0 Å². The van der Waals surface area contributed by atoms with Crippen LogP contribution in [0.2, 0.25) is 0 Å². The molecule has 0 unspecified atom stereocenters. The van der Waals surface area contributed by atoms with E-state index >= 15 is 0 Å². The van der Waals surface area contributed by atoms with Gasteiger partial charge in [0.15, 0.2) is 0 Å². The molecule has 2 nitrogen and oxygen atoms in total. The van der Waals surface area contributed by atoms with Crippen molar-refractivity contribution in [3.63, 3.8) is 0 Å². The number of nitrogens with zero attached hydrogens (tertiary/aromatic N) is 2. The summed E-state index contributed by atoms with van der Waals surface area (Å²) in [5, 5.41) is 5.09. The number of para-hydroxylation sites is 4. The standard InChI is InChI=1S/C70H42N2S2/c1-9-25-55-47(17-1)48-18-2-10-26-56(48)69(55)59-41-65(43-33-37-45(38-34-43)71-61-29-13-5-21-51(61)52-22-6-14-30-62(52)71)74-68(59)70(57-27-11-3-19-49(57)50-20-4-12-28-58(50)70)60-42-66(73-67(60)69)44-35-39-46(40-36-44)72-63-31-15-7-23-53(63)54-24-8-16-32-64(54)72/h1-42H. The van der Waals surface area contributed by atoms with Crippen molar-refractivity contribution in [2.45, 2.75) is 10.8 Å². The molecular formula is C70H42N2S2. The lowest BCUT2D eigenvalue weighted by molar-refractivity contribution is 0.662. The average Bonchev–Trinajstić information content (AvgIpc) is 4.35. The summed E-state index contributed by atoms with van der Waals surface area (Å²) in [7, 11) is 0. The van der Waals surface area contributed by atoms with E-state index in [1.54, 1.807) is 0 Å². The fraction of sp³-hybridized carbons (Fsp3) is 0.0286. The molecule has 0 saturated heterocycles. The second kappa shape index (κ2) is 14.9. The van der Waals surface area contributed by atoms with Crippen LogP contribution in [0.25, 0.3) is 98.1 Å². The Kier molecular flexibility index (Phi) is 8.20. The predicted octanol–water partition coefficient (Wildman–Crippen LogP) is 18.4. The van der Waals surface area contributed by atoms with Crippen LogP contribution in [-0.2, 0) is 10.8 Å². The van der Waals surface area contributed by atoms with Gasteiger partial charge in [-0.3, -0.25) is 0 Å². The van der Waals surface area contributed by atoms with E-state index in [9.17, 15) is 0 Å². The molecular weight excluding hydrogens is 933 g/mol. The summed E-state index contributed by atoms with van der Waals surface area (Å²) in [5.74, 6) is 0. The Bertz CT molecular complexity index is 4130. The van der Waals surface area contributed by atoms with Crippen LogP contribution < -0.4 is 0 Å². The molecule has 4 heterocycles. The van der Waals surface area contributed by atoms with E-state index < -0.39 is 10.8 Å². The summed E-state index contributed by atoms with van der Waals surface area (Å²) in [6, 6.07) is 96.2. The smallest absolute Gasteiger partial charge is 0.0821 e. The first-order valence-electron chi connectivity index (χ1n) is 25.6. The minimum Gasteiger partial charge on any atom is -0.309 e. The zero-order valence-electron chi connectivity index (χ0n) is 40.0. The molecule has 0 aliphatic heterocycles. The number of aromatic nitrogens is 2. The Morgan fingerprint density at radius 3 is 0.838 bits per heavy atom. The van der Waals surface area contributed by atoms with Gasteiger partial charge in [0.05, 0.1) is 32.9 Å². The topological polar surface area (TPSA) is 9.86 Å². The molecule has 0 atom stereocenters. The summed E-state index contributed by atoms with van der Waals surface area (Å²) >= 11 is 3.99. The van der Waals surface area contributed by atoms with Crippen LogP contribution in [0.3, 0.4) is 0 Å². The number of benzene rings is 10. The first-order chi connectivity index (χ1) is 36.7. The highest BCUT2D eigenvalue weighted by Crippen LogP contribution is 2.71. The highest BCUT2D eigenvalue weighted by atomic mass is 32.1. The molecule has 14 aromatic rings. The van der Waals surface area contributed by atoms with Gasteiger partial charge in [-0.1, -0.05) is 194 Å². The SMILES string of the molecule is c1ccc2c(c1)-c1ccccc1C21c2cc(-c3ccc(-n4c5ccccc5c5ccccc54)cc3)sc2C2(c3ccccc3-c3ccccc32)c2cc(-c3ccc(-n4c5ccccc5c5ccccc54)cc3)sc21. The molecule has 4 heteroatoms. The van der Waals surface area contributed by atoms with E-state index in [1.807, 2.05) is 22.7 Å². The van der Waals surface area contributed by atoms with E-state index in [2.05, 4.69) is 264 Å². The van der Waals surface area contributed by atoms with Crippen molar-refractivity contribution in [3.05, 3.63) is 298 Å². The zero-order chi connectivity index (χ0) is 48.3. The third kappa shape index (κ3) is 5.09. The third-order valence-corrected chi connectivity index (χ3v) is 19.4. The number of hydrogen-bond donors (Lipinski definition) is 0. The van der Waals surface area contributed by atoms with Crippen molar-refractivity contribution in [3.8, 4) is 54.5 Å². The molecule has 0 saturated carbocycles. The molecule has 4 aromatic heterocycles. The maximum atomic E-state index is 2.60. The molecule has 10 aromatic carbocycles. The van der Waals surface area contributed by atoms with Crippen molar-refractivity contribution in [2.75, 3.05) is 0 Å². The number of rotatable bonds is 4. The molecule has 0 bridgehead atoms. The maximum Gasteiger partial charge on any atom is 0.0821 e. The normalized spacial score (nSPS) is 14.2. The van der Waals surface area contributed by atoms with Crippen LogP contribution in [0.4, 0.5) is 0 Å². The Hall–Kier alpha value is -8.80. The molecule has 2 spiro atoms. The molecule has 0 N–H and O–H groups in total. The summed E-state index contributed by atoms with van der Waals surface area (Å²) in [6.07, 6.45) is 0. The van der Waals surface area contributed by atoms with Crippen LogP contribution in [0.5, 0.6) is 0 Å². The van der Waals surface area contributed by atoms with Gasteiger partial charge in [-0.2, -0.15) is 0 Å². The summed E-state index contributed by atoms with van der Waals surface area (Å²) in [6.45, 7) is 0. The van der Waals surface area contributed by atoms with Crippen LogP contribution in [0, 0.1) is 0 Å². The Balaban J connectivity index is 0.921. The summed E-state index contributed by atoms with van der Waals surface area (Å²) in [4.78, 5) is 5.37. The van der Waals surface area contributed by atoms with E-state index in [0.29, 0.717) is 0 Å². The van der Waals surface area contributed by atoms with Gasteiger partial charge in [0, 0.05) is 52.4 Å². The zero-order valence-corrected chi connectivity index (χ0v) is 41.6. The molecule has 0 fully saturated rings. The number of thiophene rings is 2. The van der Waals surface area contributed by atoms with Gasteiger partial charge < -0.3 is 9.13 Å². The molecule has 0 amide bonds. The van der Waals surface area contributed by atoms with Crippen LogP contribution in [0.1, 0.15) is 43.1 Å². The minimum absolute atomic E-state index is 0.556. The molecule has 0 radical (unpaired) electrons. The van der Waals surface area contributed by atoms with Crippen molar-refractivity contribution in [2.24, 2.45) is 0 Å². The summed E-state index contributed by atoms with van der Waals surface area (Å²) < 4.78 is 4.84. The number of hydrogen-bond acceptors (Lipinski definition) is 2. The van der Waals surface area contributed by atoms with Gasteiger partial charge >= 0.3 is 0 Å². The minimum atomic E-state index is -0.556. The highest BCUT2D eigenvalue weighted by Gasteiger charge is 2.61. The first kappa shape index (κ1) is 40.8. The van der Waals surface area contributed by atoms with E-state index in [1.165, 1.54) is 130 Å². The maximum absolute atomic E-state index is 2.60. The Labute approximate surface area is 436 Å². The monoisotopic (exact) mass is 974 g/mol. The molecule has 74 heavy (non-hydrogen) atoms. The lowest BCUT2D eigenvalue weighted by atomic mass is 9.58. The van der Waals surface area contributed by atoms with Crippen molar-refractivity contribution in [1.29, 1.82) is 0 Å². The lowest BCUT2D eigenvalue weighted by Gasteiger charge is -2.45. The second-order valence-electron chi connectivity index (χ2n) is 20.2. The largest absolute Gasteiger partial charge is 0.309 e. The van der Waals surface area contributed by atoms with Gasteiger partial charge in [-0.05, 0) is 127 Å². The predicted molar refractivity (Wildman–Crippen MR) is 310 cm³/mol. The highest BCUT2D eigenvalue weighted by molar-refractivity contribution is 7.17.